The van der Waals surface area contributed by atoms with E-state index < -0.39 is 0 Å². The van der Waals surface area contributed by atoms with Gasteiger partial charge in [0.25, 0.3) is 0 Å². The number of allylic oxidation sites excluding steroid dienone is 4. The molecule has 0 aliphatic carbocycles. The van der Waals surface area contributed by atoms with Crippen LogP contribution in [-0.4, -0.2) is 49.7 Å². The van der Waals surface area contributed by atoms with Gasteiger partial charge in [-0.2, -0.15) is 0 Å². The van der Waals surface area contributed by atoms with Crippen LogP contribution in [0.5, 0.6) is 0 Å². The topological polar surface area (TPSA) is 55.8 Å². The highest BCUT2D eigenvalue weighted by atomic mass is 16.6. The van der Waals surface area contributed by atoms with Crippen LogP contribution in [0.3, 0.4) is 0 Å². The monoisotopic (exact) mass is 634 g/mol. The van der Waals surface area contributed by atoms with Crippen molar-refractivity contribution in [3.05, 3.63) is 24.3 Å². The van der Waals surface area contributed by atoms with Crippen LogP contribution >= 0.6 is 0 Å². The molecule has 1 unspecified atom stereocenters. The van der Waals surface area contributed by atoms with Gasteiger partial charge in [-0.3, -0.25) is 9.59 Å². The van der Waals surface area contributed by atoms with Crippen molar-refractivity contribution in [2.75, 3.05) is 20.6 Å². The Morgan fingerprint density at radius 2 is 0.844 bits per heavy atom. The van der Waals surface area contributed by atoms with Gasteiger partial charge in [-0.05, 0) is 91.3 Å². The van der Waals surface area contributed by atoms with E-state index in [1.54, 1.807) is 0 Å². The maximum atomic E-state index is 13.0. The number of carbonyl (C=O) groups is 2. The predicted molar refractivity (Wildman–Crippen MR) is 194 cm³/mol. The largest absolute Gasteiger partial charge is 0.458 e. The summed E-state index contributed by atoms with van der Waals surface area (Å²) in [6, 6.07) is 0. The van der Waals surface area contributed by atoms with E-state index in [0.29, 0.717) is 25.7 Å². The fourth-order valence-corrected chi connectivity index (χ4v) is 5.60. The first-order valence-corrected chi connectivity index (χ1v) is 19.3. The molecule has 0 aromatic carbocycles. The van der Waals surface area contributed by atoms with E-state index in [9.17, 15) is 9.59 Å². The van der Waals surface area contributed by atoms with Crippen LogP contribution < -0.4 is 0 Å². The zero-order chi connectivity index (χ0) is 33.2. The van der Waals surface area contributed by atoms with Gasteiger partial charge in [0.05, 0.1) is 0 Å². The highest BCUT2D eigenvalue weighted by Gasteiger charge is 2.28. The van der Waals surface area contributed by atoms with Crippen molar-refractivity contribution < 1.29 is 19.1 Å². The molecule has 2 atom stereocenters. The molecule has 0 saturated carbocycles. The summed E-state index contributed by atoms with van der Waals surface area (Å²) in [6.45, 7) is 7.81. The Hall–Kier alpha value is -1.62. The fourth-order valence-electron chi connectivity index (χ4n) is 5.60. The van der Waals surface area contributed by atoms with Crippen molar-refractivity contribution in [1.82, 2.24) is 4.90 Å². The molecule has 0 aliphatic heterocycles. The van der Waals surface area contributed by atoms with Crippen molar-refractivity contribution in [2.24, 2.45) is 0 Å². The van der Waals surface area contributed by atoms with Crippen molar-refractivity contribution in [3.63, 3.8) is 0 Å². The van der Waals surface area contributed by atoms with Gasteiger partial charge < -0.3 is 14.4 Å². The smallest absolute Gasteiger partial charge is 0.306 e. The Kier molecular flexibility index (Phi) is 32.5. The summed E-state index contributed by atoms with van der Waals surface area (Å²) >= 11 is 0. The van der Waals surface area contributed by atoms with E-state index in [4.69, 9.17) is 9.47 Å². The Morgan fingerprint density at radius 3 is 1.27 bits per heavy atom. The molecule has 0 aromatic heterocycles. The van der Waals surface area contributed by atoms with Gasteiger partial charge in [0.1, 0.15) is 12.2 Å². The molecule has 264 valence electrons. The minimum Gasteiger partial charge on any atom is -0.458 e. The molecule has 5 heteroatoms. The second kappa shape index (κ2) is 33.7. The van der Waals surface area contributed by atoms with Crippen LogP contribution in [0.2, 0.25) is 0 Å². The molecule has 0 saturated heterocycles. The number of nitrogens with zero attached hydrogens (tertiary/aromatic N) is 1. The van der Waals surface area contributed by atoms with E-state index in [0.717, 1.165) is 57.9 Å². The summed E-state index contributed by atoms with van der Waals surface area (Å²) in [5.41, 5.74) is 0. The Bertz CT molecular complexity index is 717. The molecule has 0 amide bonds. The number of hydrogen-bond acceptors (Lipinski definition) is 5. The molecule has 0 spiro atoms. The Morgan fingerprint density at radius 1 is 0.489 bits per heavy atom. The third-order valence-corrected chi connectivity index (χ3v) is 8.48. The maximum Gasteiger partial charge on any atom is 0.306 e. The molecule has 0 N–H and O–H groups in total. The minimum absolute atomic E-state index is 0.166. The van der Waals surface area contributed by atoms with Gasteiger partial charge in [-0.1, -0.05) is 129 Å². The zero-order valence-electron chi connectivity index (χ0n) is 30.6. The van der Waals surface area contributed by atoms with Gasteiger partial charge in [0.15, 0.2) is 0 Å². The third kappa shape index (κ3) is 30.8. The lowest BCUT2D eigenvalue weighted by molar-refractivity contribution is -0.169. The summed E-state index contributed by atoms with van der Waals surface area (Å²) in [4.78, 5) is 28.2. The number of esters is 2. The standard InChI is InChI=1S/C40H75NO4/c1-6-9-12-15-18-24-29-34-39(42)44-37(32-27-22-17-14-11-8-3)38(33-28-23-20-21-26-31-36-41(4)5)45-40(43)35-30-25-19-16-13-10-7-2/h18-19,24-25,37-38H,6-17,20-23,26-36H2,1-5H3/b24-18-,25-19-/t37-,38?/m1/s1. The summed E-state index contributed by atoms with van der Waals surface area (Å²) in [6.07, 6.45) is 35.3. The Balaban J connectivity index is 5.20. The molecule has 45 heavy (non-hydrogen) atoms. The van der Waals surface area contributed by atoms with E-state index in [-0.39, 0.29) is 24.1 Å². The van der Waals surface area contributed by atoms with E-state index in [2.05, 4.69) is 64.1 Å². The molecule has 0 radical (unpaired) electrons. The fraction of sp³-hybridized carbons (Fsp3) is 0.850. The molecular weight excluding hydrogens is 558 g/mol. The van der Waals surface area contributed by atoms with Crippen LogP contribution in [-0.2, 0) is 19.1 Å². The quantitative estimate of drug-likeness (QED) is 0.0409. The number of carbonyl (C=O) groups excluding carboxylic acids is 2. The second-order valence-electron chi connectivity index (χ2n) is 13.3. The third-order valence-electron chi connectivity index (χ3n) is 8.48. The SMILES string of the molecule is CCCCC/C=C\CCC(=O)OC(CCCCCCCCN(C)C)[C@@H](CCCCCCCC)OC(=O)CC/C=C\CCCCC. The lowest BCUT2D eigenvalue weighted by Crippen LogP contribution is -2.35. The lowest BCUT2D eigenvalue weighted by atomic mass is 9.99. The minimum atomic E-state index is -0.357. The first kappa shape index (κ1) is 43.4. The Labute approximate surface area is 280 Å². The first-order valence-electron chi connectivity index (χ1n) is 19.3. The molecule has 0 rings (SSSR count). The van der Waals surface area contributed by atoms with Crippen LogP contribution in [0.25, 0.3) is 0 Å². The number of unbranched alkanes of at least 4 members (excludes halogenated alkanes) is 16. The van der Waals surface area contributed by atoms with Crippen molar-refractivity contribution >= 4 is 11.9 Å². The summed E-state index contributed by atoms with van der Waals surface area (Å²) in [5, 5.41) is 0. The van der Waals surface area contributed by atoms with Gasteiger partial charge in [-0.25, -0.2) is 0 Å². The van der Waals surface area contributed by atoms with E-state index >= 15 is 0 Å². The van der Waals surface area contributed by atoms with Gasteiger partial charge >= 0.3 is 11.9 Å². The highest BCUT2D eigenvalue weighted by molar-refractivity contribution is 5.70. The van der Waals surface area contributed by atoms with Gasteiger partial charge in [-0.15, -0.1) is 0 Å². The normalized spacial score (nSPS) is 13.2. The summed E-state index contributed by atoms with van der Waals surface area (Å²) < 4.78 is 12.3. The average Bonchev–Trinajstić information content (AvgIpc) is 3.01. The first-order chi connectivity index (χ1) is 21.9. The molecule has 0 fully saturated rings. The molecule has 0 heterocycles. The van der Waals surface area contributed by atoms with Crippen LogP contribution in [0, 0.1) is 0 Å². The maximum absolute atomic E-state index is 13.0. The number of hydrogen-bond donors (Lipinski definition) is 0. The molecular formula is C40H75NO4. The van der Waals surface area contributed by atoms with Crippen molar-refractivity contribution in [2.45, 2.75) is 200 Å². The summed E-state index contributed by atoms with van der Waals surface area (Å²) in [5.74, 6) is -0.331. The lowest BCUT2D eigenvalue weighted by Gasteiger charge is -2.27. The van der Waals surface area contributed by atoms with E-state index in [1.165, 1.54) is 89.9 Å². The van der Waals surface area contributed by atoms with Crippen molar-refractivity contribution in [3.8, 4) is 0 Å². The molecule has 0 aromatic rings. The van der Waals surface area contributed by atoms with Crippen molar-refractivity contribution in [1.29, 1.82) is 0 Å². The van der Waals surface area contributed by atoms with Crippen LogP contribution in [0.4, 0.5) is 0 Å². The summed E-state index contributed by atoms with van der Waals surface area (Å²) in [7, 11) is 4.26. The zero-order valence-corrected chi connectivity index (χ0v) is 30.6. The number of ether oxygens (including phenoxy) is 2. The second-order valence-corrected chi connectivity index (χ2v) is 13.3. The van der Waals surface area contributed by atoms with Crippen LogP contribution in [0.15, 0.2) is 24.3 Å². The molecule has 0 aliphatic rings. The average molecular weight is 634 g/mol. The molecule has 5 nitrogen and oxygen atoms in total. The van der Waals surface area contributed by atoms with E-state index in [1.807, 2.05) is 0 Å². The van der Waals surface area contributed by atoms with Gasteiger partial charge in [0.2, 0.25) is 0 Å². The van der Waals surface area contributed by atoms with Gasteiger partial charge in [0, 0.05) is 12.8 Å². The predicted octanol–water partition coefficient (Wildman–Crippen LogP) is 11.7. The van der Waals surface area contributed by atoms with Crippen LogP contribution in [0.1, 0.15) is 188 Å². The molecule has 0 bridgehead atoms. The number of rotatable bonds is 33. The highest BCUT2D eigenvalue weighted by Crippen LogP contribution is 2.22.